The monoisotopic (exact) mass is 335 g/mol. The third-order valence-corrected chi connectivity index (χ3v) is 5.52. The number of sulfonamides is 1. The van der Waals surface area contributed by atoms with E-state index in [-0.39, 0.29) is 16.4 Å². The summed E-state index contributed by atoms with van der Waals surface area (Å²) in [5, 5.41) is 4.01. The van der Waals surface area contributed by atoms with Gasteiger partial charge in [0.2, 0.25) is 0 Å². The highest BCUT2D eigenvalue weighted by Gasteiger charge is 2.31. The van der Waals surface area contributed by atoms with Gasteiger partial charge in [0.15, 0.2) is 0 Å². The summed E-state index contributed by atoms with van der Waals surface area (Å²) in [6, 6.07) is 3.23. The molecule has 0 unspecified atom stereocenters. The first-order valence-electron chi connectivity index (χ1n) is 7.28. The zero-order valence-electron chi connectivity index (χ0n) is 12.6. The van der Waals surface area contributed by atoms with Crippen LogP contribution >= 0.6 is 0 Å². The summed E-state index contributed by atoms with van der Waals surface area (Å²) in [5.41, 5.74) is 6.09. The van der Waals surface area contributed by atoms with Gasteiger partial charge in [-0.2, -0.15) is 5.10 Å². The van der Waals surface area contributed by atoms with Crippen molar-refractivity contribution in [1.82, 2.24) is 14.8 Å². The topological polar surface area (TPSA) is 111 Å². The standard InChI is InChI=1S/C14H17N5O3S/c1-2-18-9-11(8-16-18)23(21,22)19-7-3-4-10-5-6-12(13(15)20)17-14(10)19/h5-6,8-9H,2-4,7H2,1H3,(H2,15,20). The molecule has 0 saturated heterocycles. The van der Waals surface area contributed by atoms with Crippen molar-refractivity contribution in [1.29, 1.82) is 0 Å². The number of aryl methyl sites for hydroxylation is 2. The van der Waals surface area contributed by atoms with Crippen LogP contribution in [0.5, 0.6) is 0 Å². The molecule has 2 N–H and O–H groups in total. The van der Waals surface area contributed by atoms with Crippen LogP contribution in [0.3, 0.4) is 0 Å². The van der Waals surface area contributed by atoms with Crippen LogP contribution in [-0.4, -0.2) is 35.6 Å². The van der Waals surface area contributed by atoms with Crippen LogP contribution in [0.1, 0.15) is 29.4 Å². The van der Waals surface area contributed by atoms with E-state index < -0.39 is 15.9 Å². The highest BCUT2D eigenvalue weighted by Crippen LogP contribution is 2.30. The van der Waals surface area contributed by atoms with Gasteiger partial charge in [0, 0.05) is 19.3 Å². The van der Waals surface area contributed by atoms with Crippen LogP contribution in [0.25, 0.3) is 0 Å². The van der Waals surface area contributed by atoms with Gasteiger partial charge in [0.05, 0.1) is 6.20 Å². The van der Waals surface area contributed by atoms with Gasteiger partial charge in [-0.15, -0.1) is 0 Å². The van der Waals surface area contributed by atoms with Crippen molar-refractivity contribution in [3.8, 4) is 0 Å². The van der Waals surface area contributed by atoms with Crippen molar-refractivity contribution in [3.63, 3.8) is 0 Å². The molecule has 0 saturated carbocycles. The van der Waals surface area contributed by atoms with Gasteiger partial charge in [0.1, 0.15) is 16.4 Å². The Kier molecular flexibility index (Phi) is 3.80. The molecule has 1 aliphatic heterocycles. The van der Waals surface area contributed by atoms with E-state index in [1.54, 1.807) is 10.7 Å². The summed E-state index contributed by atoms with van der Waals surface area (Å²) < 4.78 is 28.5. The van der Waals surface area contributed by atoms with E-state index in [0.717, 1.165) is 5.56 Å². The Morgan fingerprint density at radius 3 is 2.83 bits per heavy atom. The Labute approximate surface area is 134 Å². The molecule has 3 heterocycles. The first kappa shape index (κ1) is 15.5. The molecule has 0 radical (unpaired) electrons. The summed E-state index contributed by atoms with van der Waals surface area (Å²) >= 11 is 0. The van der Waals surface area contributed by atoms with Gasteiger partial charge in [-0.05, 0) is 31.4 Å². The Morgan fingerprint density at radius 2 is 2.17 bits per heavy atom. The molecular weight excluding hydrogens is 318 g/mol. The maximum absolute atomic E-state index is 12.9. The van der Waals surface area contributed by atoms with Crippen LogP contribution in [0.15, 0.2) is 29.4 Å². The first-order chi connectivity index (χ1) is 10.9. The van der Waals surface area contributed by atoms with E-state index >= 15 is 0 Å². The summed E-state index contributed by atoms with van der Waals surface area (Å²) in [6.07, 6.45) is 4.21. The molecule has 0 bridgehead atoms. The Hall–Kier alpha value is -2.42. The molecule has 1 aliphatic rings. The van der Waals surface area contributed by atoms with E-state index in [2.05, 4.69) is 10.1 Å². The van der Waals surface area contributed by atoms with Crippen LogP contribution in [0, 0.1) is 0 Å². The molecule has 0 aromatic carbocycles. The lowest BCUT2D eigenvalue weighted by Crippen LogP contribution is -2.36. The van der Waals surface area contributed by atoms with Crippen molar-refractivity contribution >= 4 is 21.7 Å². The van der Waals surface area contributed by atoms with Crippen molar-refractivity contribution in [3.05, 3.63) is 35.8 Å². The predicted octanol–water partition coefficient (Wildman–Crippen LogP) is 0.538. The number of anilines is 1. The quantitative estimate of drug-likeness (QED) is 0.876. The molecule has 23 heavy (non-hydrogen) atoms. The SMILES string of the molecule is CCn1cc(S(=O)(=O)N2CCCc3ccc(C(N)=O)nc32)cn1. The zero-order chi connectivity index (χ0) is 16.6. The Morgan fingerprint density at radius 1 is 1.39 bits per heavy atom. The van der Waals surface area contributed by atoms with Crippen LogP contribution in [0.2, 0.25) is 0 Å². The summed E-state index contributed by atoms with van der Waals surface area (Å²) in [5.74, 6) is -0.411. The smallest absolute Gasteiger partial charge is 0.268 e. The lowest BCUT2D eigenvalue weighted by Gasteiger charge is -2.29. The summed E-state index contributed by atoms with van der Waals surface area (Å²) in [7, 11) is -3.77. The number of fused-ring (bicyclic) bond motifs is 1. The largest absolute Gasteiger partial charge is 0.364 e. The number of amides is 1. The molecular formula is C14H17N5O3S. The fraction of sp³-hybridized carbons (Fsp3) is 0.357. The van der Waals surface area contributed by atoms with Gasteiger partial charge < -0.3 is 5.73 Å². The van der Waals surface area contributed by atoms with E-state index in [4.69, 9.17) is 5.73 Å². The molecule has 2 aromatic rings. The van der Waals surface area contributed by atoms with Crippen molar-refractivity contribution in [2.24, 2.45) is 5.73 Å². The molecule has 9 heteroatoms. The number of carbonyl (C=O) groups excluding carboxylic acids is 1. The normalized spacial score (nSPS) is 14.6. The Bertz CT molecular complexity index is 859. The van der Waals surface area contributed by atoms with Crippen molar-refractivity contribution in [2.45, 2.75) is 31.2 Å². The van der Waals surface area contributed by atoms with Gasteiger partial charge >= 0.3 is 0 Å². The van der Waals surface area contributed by atoms with E-state index in [1.165, 1.54) is 22.8 Å². The molecule has 1 amide bonds. The van der Waals surface area contributed by atoms with E-state index in [9.17, 15) is 13.2 Å². The third-order valence-electron chi connectivity index (χ3n) is 3.77. The molecule has 0 spiro atoms. The number of carbonyl (C=O) groups is 1. The van der Waals surface area contributed by atoms with Crippen LogP contribution in [0.4, 0.5) is 5.82 Å². The van der Waals surface area contributed by atoms with Gasteiger partial charge in [0.25, 0.3) is 15.9 Å². The molecule has 122 valence electrons. The van der Waals surface area contributed by atoms with Gasteiger partial charge in [-0.3, -0.25) is 9.48 Å². The minimum absolute atomic E-state index is 0.0510. The second-order valence-corrected chi connectivity index (χ2v) is 7.12. The lowest BCUT2D eigenvalue weighted by atomic mass is 10.1. The van der Waals surface area contributed by atoms with E-state index in [1.807, 2.05) is 6.92 Å². The highest BCUT2D eigenvalue weighted by molar-refractivity contribution is 7.92. The molecule has 3 rings (SSSR count). The average Bonchev–Trinajstić information content (AvgIpc) is 3.03. The zero-order valence-corrected chi connectivity index (χ0v) is 13.5. The summed E-state index contributed by atoms with van der Waals surface area (Å²) in [6.45, 7) is 2.76. The second-order valence-electron chi connectivity index (χ2n) is 5.26. The minimum Gasteiger partial charge on any atom is -0.364 e. The predicted molar refractivity (Wildman–Crippen MR) is 83.5 cm³/mol. The van der Waals surface area contributed by atoms with Crippen molar-refractivity contribution in [2.75, 3.05) is 10.8 Å². The fourth-order valence-electron chi connectivity index (χ4n) is 2.56. The fourth-order valence-corrected chi connectivity index (χ4v) is 4.00. The first-order valence-corrected chi connectivity index (χ1v) is 8.72. The molecule has 0 atom stereocenters. The molecule has 2 aromatic heterocycles. The molecule has 0 aliphatic carbocycles. The lowest BCUT2D eigenvalue weighted by molar-refractivity contribution is 0.0995. The van der Waals surface area contributed by atoms with Crippen LogP contribution in [-0.2, 0) is 23.0 Å². The summed E-state index contributed by atoms with van der Waals surface area (Å²) in [4.78, 5) is 15.6. The Balaban J connectivity index is 2.08. The number of nitrogens with two attached hydrogens (primary N) is 1. The van der Waals surface area contributed by atoms with Gasteiger partial charge in [-0.25, -0.2) is 17.7 Å². The number of aromatic nitrogens is 3. The van der Waals surface area contributed by atoms with E-state index in [0.29, 0.717) is 25.9 Å². The second kappa shape index (κ2) is 5.65. The number of hydrogen-bond acceptors (Lipinski definition) is 5. The molecule has 8 nitrogen and oxygen atoms in total. The maximum Gasteiger partial charge on any atom is 0.268 e. The highest BCUT2D eigenvalue weighted by atomic mass is 32.2. The third kappa shape index (κ3) is 2.67. The number of rotatable bonds is 4. The molecule has 0 fully saturated rings. The number of hydrogen-bond donors (Lipinski definition) is 1. The number of primary amides is 1. The number of nitrogens with zero attached hydrogens (tertiary/aromatic N) is 4. The van der Waals surface area contributed by atoms with Crippen LogP contribution < -0.4 is 10.0 Å². The average molecular weight is 335 g/mol. The maximum atomic E-state index is 12.9. The number of pyridine rings is 1. The van der Waals surface area contributed by atoms with Gasteiger partial charge in [-0.1, -0.05) is 6.07 Å². The van der Waals surface area contributed by atoms with Crippen molar-refractivity contribution < 1.29 is 13.2 Å². The minimum atomic E-state index is -3.77.